The van der Waals surface area contributed by atoms with E-state index in [4.69, 9.17) is 19.4 Å². The summed E-state index contributed by atoms with van der Waals surface area (Å²) >= 11 is 0. The lowest BCUT2D eigenvalue weighted by Crippen LogP contribution is -2.49. The molecule has 2 aromatic heterocycles. The molecule has 3 amide bonds. The number of imidazole rings is 2. The quantitative estimate of drug-likeness (QED) is 0.115. The first-order chi connectivity index (χ1) is 28.3. The third-order valence-corrected chi connectivity index (χ3v) is 11.2. The van der Waals surface area contributed by atoms with E-state index < -0.39 is 12.1 Å². The van der Waals surface area contributed by atoms with Crippen LogP contribution in [0.15, 0.2) is 115 Å². The molecule has 0 unspecified atom stereocenters. The fraction of sp³-hybridized carbons (Fsp3) is 0.283. The topological polar surface area (TPSA) is 146 Å². The third-order valence-electron chi connectivity index (χ3n) is 11.2. The molecule has 3 aliphatic rings. The smallest absolute Gasteiger partial charge is 0.407 e. The zero-order valence-electron chi connectivity index (χ0n) is 32.7. The van der Waals surface area contributed by atoms with Crippen LogP contribution in [0.25, 0.3) is 33.6 Å². The standard InChI is InChI=1S/C46H47N7O5/c1-4-5-7-12-29(2)41(51-46(56)57-3)45(55)53-24-11-16-38(53)44-49-36-28-58-39-26-33(21-22-34(39)42(36)50-44)31-17-19-32(20-18-31)35-27-47-43(48-35)37-15-10-23-52(37)40(54)25-30-13-8-6-9-14-30/h4-9,12-14,17-22,26-27,37-38,41H,1,10-11,15-16,23-25,28H2,2-3H3,(H,47,48)(H,49,50)(H,51,56)/b7-5-,29-12+/t37-,38-,41+/m0/s1. The Labute approximate surface area is 337 Å². The lowest BCUT2D eigenvalue weighted by Gasteiger charge is -2.28. The highest BCUT2D eigenvalue weighted by molar-refractivity contribution is 5.89. The number of methoxy groups -OCH3 is 1. The van der Waals surface area contributed by atoms with Crippen LogP contribution in [0.4, 0.5) is 4.79 Å². The van der Waals surface area contributed by atoms with Gasteiger partial charge < -0.3 is 34.6 Å². The van der Waals surface area contributed by atoms with Gasteiger partial charge in [-0.25, -0.2) is 14.8 Å². The van der Waals surface area contributed by atoms with Crippen molar-refractivity contribution in [1.29, 1.82) is 0 Å². The third kappa shape index (κ3) is 7.82. The highest BCUT2D eigenvalue weighted by Crippen LogP contribution is 2.41. The van der Waals surface area contributed by atoms with Gasteiger partial charge in [0.25, 0.3) is 0 Å². The minimum Gasteiger partial charge on any atom is -0.487 e. The molecule has 0 saturated carbocycles. The van der Waals surface area contributed by atoms with Gasteiger partial charge in [-0.2, -0.15) is 0 Å². The number of amides is 3. The summed E-state index contributed by atoms with van der Waals surface area (Å²) in [4.78, 5) is 60.0. The van der Waals surface area contributed by atoms with Crippen molar-refractivity contribution in [1.82, 2.24) is 35.1 Å². The molecule has 3 atom stereocenters. The van der Waals surface area contributed by atoms with Gasteiger partial charge in [-0.15, -0.1) is 0 Å². The van der Waals surface area contributed by atoms with Gasteiger partial charge in [0.15, 0.2) is 0 Å². The number of hydrogen-bond acceptors (Lipinski definition) is 7. The average molecular weight is 778 g/mol. The number of benzene rings is 3. The number of H-pyrrole nitrogens is 2. The van der Waals surface area contributed by atoms with Crippen LogP contribution in [0.1, 0.15) is 67.6 Å². The number of allylic oxidation sites excluding steroid dienone is 4. The van der Waals surface area contributed by atoms with E-state index in [1.807, 2.05) is 53.6 Å². The zero-order chi connectivity index (χ0) is 40.2. The van der Waals surface area contributed by atoms with Crippen LogP contribution in [-0.4, -0.2) is 73.9 Å². The summed E-state index contributed by atoms with van der Waals surface area (Å²) in [7, 11) is 1.28. The number of nitrogens with zero attached hydrogens (tertiary/aromatic N) is 4. The zero-order valence-corrected chi connectivity index (χ0v) is 32.7. The Hall–Kier alpha value is -6.69. The van der Waals surface area contributed by atoms with Crippen LogP contribution in [0.5, 0.6) is 5.75 Å². The van der Waals surface area contributed by atoms with Crippen LogP contribution >= 0.6 is 0 Å². The second-order valence-corrected chi connectivity index (χ2v) is 14.9. The van der Waals surface area contributed by atoms with E-state index in [0.29, 0.717) is 31.0 Å². The summed E-state index contributed by atoms with van der Waals surface area (Å²) in [5.41, 5.74) is 8.19. The predicted octanol–water partition coefficient (Wildman–Crippen LogP) is 8.01. The predicted molar refractivity (Wildman–Crippen MR) is 221 cm³/mol. The monoisotopic (exact) mass is 777 g/mol. The summed E-state index contributed by atoms with van der Waals surface area (Å²) in [5.74, 6) is 2.15. The minimum absolute atomic E-state index is 0.0601. The molecule has 0 spiro atoms. The molecule has 0 bridgehead atoms. The summed E-state index contributed by atoms with van der Waals surface area (Å²) in [6.45, 7) is 7.09. The second-order valence-electron chi connectivity index (χ2n) is 14.9. The van der Waals surface area contributed by atoms with Crippen molar-refractivity contribution in [2.75, 3.05) is 20.2 Å². The van der Waals surface area contributed by atoms with E-state index in [2.05, 4.69) is 52.2 Å². The Kier molecular flexibility index (Phi) is 11.1. The van der Waals surface area contributed by atoms with Gasteiger partial charge in [-0.3, -0.25) is 9.59 Å². The van der Waals surface area contributed by atoms with Gasteiger partial charge >= 0.3 is 6.09 Å². The molecular formula is C46H47N7O5. The number of fused-ring (bicyclic) bond motifs is 3. The second kappa shape index (κ2) is 16.8. The molecule has 3 aliphatic heterocycles. The van der Waals surface area contributed by atoms with Crippen molar-refractivity contribution in [2.24, 2.45) is 0 Å². The molecule has 2 saturated heterocycles. The first-order valence-corrected chi connectivity index (χ1v) is 19.8. The molecule has 0 radical (unpaired) electrons. The van der Waals surface area contributed by atoms with E-state index >= 15 is 0 Å². The van der Waals surface area contributed by atoms with Crippen LogP contribution in [-0.2, 0) is 27.4 Å². The molecule has 0 aliphatic carbocycles. The molecule has 12 heteroatoms. The molecule has 12 nitrogen and oxygen atoms in total. The lowest BCUT2D eigenvalue weighted by atomic mass is 9.99. The van der Waals surface area contributed by atoms with Crippen molar-refractivity contribution in [3.63, 3.8) is 0 Å². The molecule has 5 aromatic rings. The van der Waals surface area contributed by atoms with Gasteiger partial charge in [0.1, 0.15) is 30.0 Å². The maximum Gasteiger partial charge on any atom is 0.407 e. The molecule has 5 heterocycles. The van der Waals surface area contributed by atoms with Gasteiger partial charge in [0.2, 0.25) is 11.8 Å². The van der Waals surface area contributed by atoms with Crippen LogP contribution in [0.3, 0.4) is 0 Å². The Bertz CT molecular complexity index is 2380. The number of alkyl carbamates (subject to hydrolysis) is 1. The maximum absolute atomic E-state index is 14.0. The number of carbonyl (C=O) groups is 3. The van der Waals surface area contributed by atoms with Crippen LogP contribution in [0.2, 0.25) is 0 Å². The number of likely N-dealkylation sites (tertiary alicyclic amines) is 2. The Morgan fingerprint density at radius 1 is 0.931 bits per heavy atom. The number of ether oxygens (including phenoxy) is 2. The Balaban J connectivity index is 0.961. The SMILES string of the molecule is C=C/C=C\C=C(/C)[C@@H](NC(=O)OC)C(=O)N1CCC[C@H]1c1nc2c([nH]1)COc1cc(-c3ccc(-c4cnc([C@@H]5CCCN5C(=O)Cc5ccccc5)[nH]4)cc3)ccc1-2. The first kappa shape index (κ1) is 38.2. The van der Waals surface area contributed by atoms with Gasteiger partial charge in [-0.05, 0) is 72.6 Å². The van der Waals surface area contributed by atoms with Crippen molar-refractivity contribution in [3.8, 4) is 39.4 Å². The number of aromatic amines is 2. The maximum atomic E-state index is 14.0. The normalized spacial score (nSPS) is 18.1. The van der Waals surface area contributed by atoms with Crippen molar-refractivity contribution >= 4 is 17.9 Å². The molecule has 8 rings (SSSR count). The van der Waals surface area contributed by atoms with Gasteiger partial charge in [0, 0.05) is 18.7 Å². The van der Waals surface area contributed by atoms with Crippen molar-refractivity contribution < 1.29 is 23.9 Å². The number of aromatic nitrogens is 4. The van der Waals surface area contributed by atoms with Crippen molar-refractivity contribution in [3.05, 3.63) is 138 Å². The van der Waals surface area contributed by atoms with Crippen LogP contribution < -0.4 is 10.1 Å². The van der Waals surface area contributed by atoms with E-state index in [9.17, 15) is 14.4 Å². The largest absolute Gasteiger partial charge is 0.487 e. The molecule has 3 aromatic carbocycles. The summed E-state index contributed by atoms with van der Waals surface area (Å²) in [6, 6.07) is 23.1. The van der Waals surface area contributed by atoms with Crippen molar-refractivity contribution in [2.45, 2.75) is 63.8 Å². The Morgan fingerprint density at radius 3 is 2.41 bits per heavy atom. The lowest BCUT2D eigenvalue weighted by molar-refractivity contribution is -0.133. The fourth-order valence-electron chi connectivity index (χ4n) is 8.21. The summed E-state index contributed by atoms with van der Waals surface area (Å²) in [5, 5.41) is 2.71. The number of nitrogens with one attached hydrogen (secondary N) is 3. The number of carbonyl (C=O) groups excluding carboxylic acids is 3. The highest BCUT2D eigenvalue weighted by Gasteiger charge is 2.38. The minimum atomic E-state index is -0.897. The molecule has 2 fully saturated rings. The number of rotatable bonds is 11. The van der Waals surface area contributed by atoms with Gasteiger partial charge in [-0.1, -0.05) is 91.5 Å². The van der Waals surface area contributed by atoms with E-state index in [1.165, 1.54) is 7.11 Å². The van der Waals surface area contributed by atoms with E-state index in [0.717, 1.165) is 88.7 Å². The van der Waals surface area contributed by atoms with E-state index in [-0.39, 0.29) is 23.9 Å². The first-order valence-electron chi connectivity index (χ1n) is 19.8. The van der Waals surface area contributed by atoms with Gasteiger partial charge in [0.05, 0.1) is 48.9 Å². The summed E-state index contributed by atoms with van der Waals surface area (Å²) in [6.07, 6.45) is 11.9. The highest BCUT2D eigenvalue weighted by atomic mass is 16.5. The molecular weight excluding hydrogens is 731 g/mol. The fourth-order valence-corrected chi connectivity index (χ4v) is 8.21. The molecule has 3 N–H and O–H groups in total. The van der Waals surface area contributed by atoms with E-state index in [1.54, 1.807) is 36.1 Å². The molecule has 58 heavy (non-hydrogen) atoms. The average Bonchev–Trinajstić information content (AvgIpc) is 4.09. The number of hydrogen-bond donors (Lipinski definition) is 3. The summed E-state index contributed by atoms with van der Waals surface area (Å²) < 4.78 is 11.1. The molecule has 296 valence electrons. The Morgan fingerprint density at radius 2 is 1.66 bits per heavy atom. The van der Waals surface area contributed by atoms with Crippen LogP contribution in [0, 0.1) is 0 Å².